The second-order valence-corrected chi connectivity index (χ2v) is 8.38. The number of carbonyl (C=O) groups excluding carboxylic acids is 2. The summed E-state index contributed by atoms with van der Waals surface area (Å²) in [5, 5.41) is 3.72. The minimum Gasteiger partial charge on any atom is -0.381 e. The second-order valence-electron chi connectivity index (χ2n) is 7.94. The van der Waals surface area contributed by atoms with Crippen LogP contribution in [0.4, 0.5) is 0 Å². The molecule has 2 saturated heterocycles. The molecule has 6 heteroatoms. The molecule has 0 aliphatic carbocycles. The Labute approximate surface area is 166 Å². The highest BCUT2D eigenvalue weighted by molar-refractivity contribution is 6.30. The lowest BCUT2D eigenvalue weighted by atomic mass is 9.89. The first-order valence-corrected chi connectivity index (χ1v) is 10.3. The van der Waals surface area contributed by atoms with E-state index >= 15 is 0 Å². The first-order chi connectivity index (χ1) is 13.0. The van der Waals surface area contributed by atoms with E-state index in [-0.39, 0.29) is 23.7 Å². The number of rotatable bonds is 5. The summed E-state index contributed by atoms with van der Waals surface area (Å²) in [5.74, 6) is 0.351. The van der Waals surface area contributed by atoms with Crippen LogP contribution in [-0.2, 0) is 14.3 Å². The Balaban J connectivity index is 1.57. The van der Waals surface area contributed by atoms with Crippen molar-refractivity contribution < 1.29 is 14.3 Å². The van der Waals surface area contributed by atoms with Gasteiger partial charge < -0.3 is 15.0 Å². The summed E-state index contributed by atoms with van der Waals surface area (Å²) < 4.78 is 5.29. The number of amides is 2. The molecule has 2 heterocycles. The van der Waals surface area contributed by atoms with E-state index < -0.39 is 6.04 Å². The average Bonchev–Trinajstić information content (AvgIpc) is 3.21. The van der Waals surface area contributed by atoms with Crippen LogP contribution in [0, 0.1) is 11.8 Å². The van der Waals surface area contributed by atoms with Crippen LogP contribution in [0.3, 0.4) is 0 Å². The zero-order valence-electron chi connectivity index (χ0n) is 16.1. The molecule has 1 N–H and O–H groups in total. The number of nitrogens with zero attached hydrogens (tertiary/aromatic N) is 1. The van der Waals surface area contributed by atoms with Gasteiger partial charge in [0.2, 0.25) is 11.8 Å². The van der Waals surface area contributed by atoms with Gasteiger partial charge in [0.25, 0.3) is 0 Å². The number of likely N-dealkylation sites (tertiary alicyclic amines) is 1. The van der Waals surface area contributed by atoms with Crippen molar-refractivity contribution in [1.29, 1.82) is 0 Å². The molecule has 0 aromatic heterocycles. The first kappa shape index (κ1) is 20.2. The summed E-state index contributed by atoms with van der Waals surface area (Å²) in [7, 11) is 0. The fourth-order valence-corrected chi connectivity index (χ4v) is 4.02. The third-order valence-corrected chi connectivity index (χ3v) is 5.93. The van der Waals surface area contributed by atoms with E-state index in [1.165, 1.54) is 5.56 Å². The minimum atomic E-state index is -0.467. The molecular formula is C21H29ClN2O3. The molecule has 0 radical (unpaired) electrons. The topological polar surface area (TPSA) is 58.6 Å². The molecule has 27 heavy (non-hydrogen) atoms. The zero-order valence-corrected chi connectivity index (χ0v) is 16.9. The summed E-state index contributed by atoms with van der Waals surface area (Å²) >= 11 is 5.97. The molecule has 1 unspecified atom stereocenters. The Bertz CT molecular complexity index is 648. The van der Waals surface area contributed by atoms with Crippen molar-refractivity contribution in [2.45, 2.75) is 45.1 Å². The van der Waals surface area contributed by atoms with Gasteiger partial charge in [0.15, 0.2) is 0 Å². The normalized spacial score (nSPS) is 22.1. The number of halogens is 1. The quantitative estimate of drug-likeness (QED) is 0.836. The van der Waals surface area contributed by atoms with Crippen LogP contribution in [0.2, 0.25) is 5.02 Å². The summed E-state index contributed by atoms with van der Waals surface area (Å²) in [4.78, 5) is 27.4. The fourth-order valence-electron chi connectivity index (χ4n) is 3.89. The molecule has 0 bridgehead atoms. The van der Waals surface area contributed by atoms with Crippen LogP contribution in [0.1, 0.15) is 44.6 Å². The highest BCUT2D eigenvalue weighted by Gasteiger charge is 2.33. The predicted molar refractivity (Wildman–Crippen MR) is 106 cm³/mol. The van der Waals surface area contributed by atoms with Crippen molar-refractivity contribution in [2.75, 3.05) is 26.3 Å². The third kappa shape index (κ3) is 5.02. The Kier molecular flexibility index (Phi) is 6.77. The van der Waals surface area contributed by atoms with Gasteiger partial charge in [0.1, 0.15) is 6.04 Å². The van der Waals surface area contributed by atoms with E-state index in [1.807, 2.05) is 30.9 Å². The maximum atomic E-state index is 13.0. The van der Waals surface area contributed by atoms with Crippen LogP contribution in [-0.4, -0.2) is 49.1 Å². The molecule has 148 valence electrons. The predicted octanol–water partition coefficient (Wildman–Crippen LogP) is 3.22. The molecule has 5 nitrogen and oxygen atoms in total. The molecule has 2 aliphatic heterocycles. The van der Waals surface area contributed by atoms with E-state index in [0.29, 0.717) is 19.1 Å². The Hall–Kier alpha value is -1.59. The molecule has 1 aromatic rings. The Morgan fingerprint density at radius 3 is 2.37 bits per heavy atom. The van der Waals surface area contributed by atoms with Crippen LogP contribution in [0.5, 0.6) is 0 Å². The van der Waals surface area contributed by atoms with Crippen molar-refractivity contribution in [2.24, 2.45) is 11.8 Å². The second kappa shape index (κ2) is 9.07. The molecule has 2 atom stereocenters. The van der Waals surface area contributed by atoms with Gasteiger partial charge in [-0.1, -0.05) is 37.6 Å². The first-order valence-electron chi connectivity index (χ1n) is 9.88. The summed E-state index contributed by atoms with van der Waals surface area (Å²) in [5.41, 5.74) is 1.28. The number of carbonyl (C=O) groups is 2. The number of nitrogens with one attached hydrogen (secondary N) is 1. The van der Waals surface area contributed by atoms with Crippen LogP contribution in [0.15, 0.2) is 24.3 Å². The molecule has 2 aliphatic rings. The SMILES string of the molecule is CC(C)[C@@H](NC(=O)C1CCOC1)C(=O)N1CCC(c2ccc(Cl)cc2)CC1. The molecule has 3 rings (SSSR count). The fraction of sp³-hybridized carbons (Fsp3) is 0.619. The summed E-state index contributed by atoms with van der Waals surface area (Å²) in [6.07, 6.45) is 2.60. The smallest absolute Gasteiger partial charge is 0.245 e. The lowest BCUT2D eigenvalue weighted by molar-refractivity contribution is -0.139. The van der Waals surface area contributed by atoms with Gasteiger partial charge in [-0.15, -0.1) is 0 Å². The van der Waals surface area contributed by atoms with E-state index in [1.54, 1.807) is 0 Å². The summed E-state index contributed by atoms with van der Waals surface area (Å²) in [6, 6.07) is 7.53. The molecule has 2 amide bonds. The van der Waals surface area contributed by atoms with Crippen molar-refractivity contribution in [1.82, 2.24) is 10.2 Å². The monoisotopic (exact) mass is 392 g/mol. The molecular weight excluding hydrogens is 364 g/mol. The van der Waals surface area contributed by atoms with Gasteiger partial charge in [-0.2, -0.15) is 0 Å². The highest BCUT2D eigenvalue weighted by atomic mass is 35.5. The lowest BCUT2D eigenvalue weighted by Crippen LogP contribution is -2.54. The van der Waals surface area contributed by atoms with Crippen LogP contribution in [0.25, 0.3) is 0 Å². The van der Waals surface area contributed by atoms with Gasteiger partial charge >= 0.3 is 0 Å². The van der Waals surface area contributed by atoms with E-state index in [4.69, 9.17) is 16.3 Å². The lowest BCUT2D eigenvalue weighted by Gasteiger charge is -2.35. The molecule has 2 fully saturated rings. The standard InChI is InChI=1S/C21H29ClN2O3/c1-14(2)19(23-20(25)17-9-12-27-13-17)21(26)24-10-7-16(8-11-24)15-3-5-18(22)6-4-15/h3-6,14,16-17,19H,7-13H2,1-2H3,(H,23,25)/t17?,19-/m1/s1. The van der Waals surface area contributed by atoms with Crippen molar-refractivity contribution in [3.05, 3.63) is 34.9 Å². The van der Waals surface area contributed by atoms with Gasteiger partial charge in [-0.3, -0.25) is 9.59 Å². The van der Waals surface area contributed by atoms with Crippen LogP contribution < -0.4 is 5.32 Å². The largest absolute Gasteiger partial charge is 0.381 e. The minimum absolute atomic E-state index is 0.0341. The number of benzene rings is 1. The van der Waals surface area contributed by atoms with Crippen molar-refractivity contribution >= 4 is 23.4 Å². The number of ether oxygens (including phenoxy) is 1. The maximum absolute atomic E-state index is 13.0. The Morgan fingerprint density at radius 2 is 1.81 bits per heavy atom. The van der Waals surface area contributed by atoms with E-state index in [2.05, 4.69) is 17.4 Å². The third-order valence-electron chi connectivity index (χ3n) is 5.68. The average molecular weight is 393 g/mol. The van der Waals surface area contributed by atoms with Gasteiger partial charge in [-0.05, 0) is 48.8 Å². The number of hydrogen-bond donors (Lipinski definition) is 1. The molecule has 0 spiro atoms. The number of hydrogen-bond acceptors (Lipinski definition) is 3. The van der Waals surface area contributed by atoms with Crippen molar-refractivity contribution in [3.63, 3.8) is 0 Å². The van der Waals surface area contributed by atoms with Crippen molar-refractivity contribution in [3.8, 4) is 0 Å². The van der Waals surface area contributed by atoms with Gasteiger partial charge in [0.05, 0.1) is 12.5 Å². The molecule has 0 saturated carbocycles. The van der Waals surface area contributed by atoms with E-state index in [9.17, 15) is 9.59 Å². The van der Waals surface area contributed by atoms with E-state index in [0.717, 1.165) is 37.4 Å². The van der Waals surface area contributed by atoms with Gasteiger partial charge in [-0.25, -0.2) is 0 Å². The molecule has 1 aromatic carbocycles. The zero-order chi connectivity index (χ0) is 19.4. The highest BCUT2D eigenvalue weighted by Crippen LogP contribution is 2.29. The Morgan fingerprint density at radius 1 is 1.15 bits per heavy atom. The van der Waals surface area contributed by atoms with Gasteiger partial charge in [0, 0.05) is 24.7 Å². The number of piperidine rings is 1. The maximum Gasteiger partial charge on any atom is 0.245 e. The summed E-state index contributed by atoms with van der Waals surface area (Å²) in [6.45, 7) is 6.48. The van der Waals surface area contributed by atoms with Crippen LogP contribution >= 0.6 is 11.6 Å².